The normalized spacial score (nSPS) is 21.1. The van der Waals surface area contributed by atoms with Gasteiger partial charge >= 0.3 is 11.9 Å². The Hall–Kier alpha value is -2.33. The first-order valence-electron chi connectivity index (χ1n) is 6.95. The molecule has 1 aliphatic heterocycles. The van der Waals surface area contributed by atoms with Crippen LogP contribution in [0.25, 0.3) is 5.57 Å². The molecule has 2 rings (SSSR count). The number of carboxylic acid groups (broad SMARTS) is 2. The molecule has 1 heterocycles. The second-order valence-electron chi connectivity index (χ2n) is 5.27. The van der Waals surface area contributed by atoms with E-state index in [2.05, 4.69) is 6.58 Å². The van der Waals surface area contributed by atoms with Gasteiger partial charge in [0.05, 0.1) is 23.8 Å². The van der Waals surface area contributed by atoms with Gasteiger partial charge in [0.2, 0.25) is 0 Å². The number of aliphatic carboxylic acids is 2. The van der Waals surface area contributed by atoms with Crippen molar-refractivity contribution in [2.45, 2.75) is 13.3 Å². The second-order valence-corrected chi connectivity index (χ2v) is 7.65. The SMILES string of the molecule is C=CC1=C(C)OP(=O)(CC(CC(=O)O)C(=O)O)c2ccccc21. The molecule has 0 bridgehead atoms. The van der Waals surface area contributed by atoms with Crippen LogP contribution in [0.3, 0.4) is 0 Å². The van der Waals surface area contributed by atoms with E-state index in [1.54, 1.807) is 37.3 Å². The summed E-state index contributed by atoms with van der Waals surface area (Å²) in [6.07, 6.45) is 0.610. The molecule has 122 valence electrons. The van der Waals surface area contributed by atoms with Gasteiger partial charge < -0.3 is 14.7 Å². The Morgan fingerprint density at radius 2 is 2.00 bits per heavy atom. The molecule has 1 aliphatic rings. The third-order valence-electron chi connectivity index (χ3n) is 3.66. The molecule has 0 spiro atoms. The monoisotopic (exact) mass is 336 g/mol. The molecule has 7 heteroatoms. The Bertz CT molecular complexity index is 749. The van der Waals surface area contributed by atoms with Crippen LogP contribution in [-0.4, -0.2) is 28.3 Å². The number of hydrogen-bond donors (Lipinski definition) is 2. The number of benzene rings is 1. The van der Waals surface area contributed by atoms with Crippen molar-refractivity contribution in [3.8, 4) is 0 Å². The summed E-state index contributed by atoms with van der Waals surface area (Å²) in [6.45, 7) is 5.34. The lowest BCUT2D eigenvalue weighted by atomic mass is 10.1. The maximum absolute atomic E-state index is 13.3. The van der Waals surface area contributed by atoms with Gasteiger partial charge in [-0.1, -0.05) is 30.9 Å². The maximum Gasteiger partial charge on any atom is 0.307 e. The fourth-order valence-electron chi connectivity index (χ4n) is 2.63. The summed E-state index contributed by atoms with van der Waals surface area (Å²) in [5, 5.41) is 18.5. The number of carbonyl (C=O) groups is 2. The quantitative estimate of drug-likeness (QED) is 0.775. The molecule has 0 radical (unpaired) electrons. The van der Waals surface area contributed by atoms with Crippen LogP contribution in [0.4, 0.5) is 0 Å². The smallest absolute Gasteiger partial charge is 0.307 e. The van der Waals surface area contributed by atoms with Crippen molar-refractivity contribution in [3.63, 3.8) is 0 Å². The van der Waals surface area contributed by atoms with Gasteiger partial charge in [0, 0.05) is 5.57 Å². The van der Waals surface area contributed by atoms with Gasteiger partial charge in [0.15, 0.2) is 0 Å². The van der Waals surface area contributed by atoms with Gasteiger partial charge in [-0.05, 0) is 18.6 Å². The Labute approximate surface area is 133 Å². The largest absolute Gasteiger partial charge is 0.481 e. The third kappa shape index (κ3) is 3.37. The minimum absolute atomic E-state index is 0.368. The summed E-state index contributed by atoms with van der Waals surface area (Å²) < 4.78 is 18.9. The zero-order valence-corrected chi connectivity index (χ0v) is 13.5. The molecule has 0 amide bonds. The second kappa shape index (κ2) is 6.42. The standard InChI is InChI=1S/C16H17O6P/c1-3-12-10(2)22-23(21,14-7-5-4-6-13(12)14)9-11(16(19)20)8-15(17)18/h3-7,11H,1,8-9H2,2H3,(H,17,18)(H,19,20). The minimum atomic E-state index is -3.53. The highest BCUT2D eigenvalue weighted by molar-refractivity contribution is 7.67. The van der Waals surface area contributed by atoms with Crippen LogP contribution < -0.4 is 5.30 Å². The first-order valence-corrected chi connectivity index (χ1v) is 8.76. The third-order valence-corrected chi connectivity index (χ3v) is 6.27. The van der Waals surface area contributed by atoms with E-state index in [1.807, 2.05) is 0 Å². The van der Waals surface area contributed by atoms with E-state index in [9.17, 15) is 19.3 Å². The zero-order chi connectivity index (χ0) is 17.2. The first kappa shape index (κ1) is 17.0. The summed E-state index contributed by atoms with van der Waals surface area (Å²) in [5.41, 5.74) is 1.37. The van der Waals surface area contributed by atoms with Crippen LogP contribution in [0.5, 0.6) is 0 Å². The van der Waals surface area contributed by atoms with Crippen molar-refractivity contribution in [1.82, 2.24) is 0 Å². The van der Waals surface area contributed by atoms with Crippen molar-refractivity contribution in [2.24, 2.45) is 5.92 Å². The Morgan fingerprint density at radius 3 is 2.57 bits per heavy atom. The number of fused-ring (bicyclic) bond motifs is 1. The zero-order valence-electron chi connectivity index (χ0n) is 12.6. The van der Waals surface area contributed by atoms with Crippen LogP contribution >= 0.6 is 7.37 Å². The molecular formula is C16H17O6P. The van der Waals surface area contributed by atoms with E-state index in [-0.39, 0.29) is 6.16 Å². The Morgan fingerprint density at radius 1 is 1.35 bits per heavy atom. The van der Waals surface area contributed by atoms with Crippen LogP contribution in [0.1, 0.15) is 18.9 Å². The topological polar surface area (TPSA) is 101 Å². The average Bonchev–Trinajstić information content (AvgIpc) is 2.46. The lowest BCUT2D eigenvalue weighted by molar-refractivity contribution is -0.147. The Kier molecular flexibility index (Phi) is 4.76. The highest BCUT2D eigenvalue weighted by atomic mass is 31.2. The van der Waals surface area contributed by atoms with Crippen LogP contribution in [0.15, 0.2) is 42.7 Å². The van der Waals surface area contributed by atoms with E-state index in [1.165, 1.54) is 0 Å². The van der Waals surface area contributed by atoms with Crippen molar-refractivity contribution in [3.05, 3.63) is 48.2 Å². The van der Waals surface area contributed by atoms with Crippen LogP contribution in [0, 0.1) is 5.92 Å². The minimum Gasteiger partial charge on any atom is -0.481 e. The average molecular weight is 336 g/mol. The van der Waals surface area contributed by atoms with Gasteiger partial charge in [0.25, 0.3) is 7.37 Å². The Balaban J connectivity index is 2.48. The molecule has 2 atom stereocenters. The van der Waals surface area contributed by atoms with E-state index in [0.29, 0.717) is 22.2 Å². The molecule has 2 N–H and O–H groups in total. The lowest BCUT2D eigenvalue weighted by Gasteiger charge is -2.30. The van der Waals surface area contributed by atoms with E-state index < -0.39 is 31.6 Å². The molecule has 2 unspecified atom stereocenters. The molecule has 0 saturated heterocycles. The molecule has 6 nitrogen and oxygen atoms in total. The van der Waals surface area contributed by atoms with Crippen molar-refractivity contribution < 1.29 is 28.9 Å². The highest BCUT2D eigenvalue weighted by Gasteiger charge is 2.40. The lowest BCUT2D eigenvalue weighted by Crippen LogP contribution is -2.27. The molecule has 0 fully saturated rings. The highest BCUT2D eigenvalue weighted by Crippen LogP contribution is 2.54. The van der Waals surface area contributed by atoms with Crippen molar-refractivity contribution in [2.75, 3.05) is 6.16 Å². The molecule has 0 aromatic heterocycles. The van der Waals surface area contributed by atoms with E-state index in [4.69, 9.17) is 9.63 Å². The van der Waals surface area contributed by atoms with Gasteiger partial charge in [-0.2, -0.15) is 0 Å². The van der Waals surface area contributed by atoms with Crippen molar-refractivity contribution >= 4 is 30.2 Å². The molecule has 23 heavy (non-hydrogen) atoms. The predicted octanol–water partition coefficient (Wildman–Crippen LogP) is 2.71. The number of carboxylic acids is 2. The summed E-state index contributed by atoms with van der Waals surface area (Å²) in [5.74, 6) is -3.46. The summed E-state index contributed by atoms with van der Waals surface area (Å²) in [6, 6.07) is 6.84. The van der Waals surface area contributed by atoms with Gasteiger partial charge in [-0.15, -0.1) is 0 Å². The molecular weight excluding hydrogens is 319 g/mol. The molecule has 1 aromatic rings. The van der Waals surface area contributed by atoms with Crippen molar-refractivity contribution in [1.29, 1.82) is 0 Å². The van der Waals surface area contributed by atoms with Gasteiger partial charge in [-0.25, -0.2) is 0 Å². The fourth-order valence-corrected chi connectivity index (χ4v) is 5.28. The predicted molar refractivity (Wildman–Crippen MR) is 85.8 cm³/mol. The molecule has 1 aromatic carbocycles. The molecule has 0 aliphatic carbocycles. The van der Waals surface area contributed by atoms with Gasteiger partial charge in [-0.3, -0.25) is 14.2 Å². The van der Waals surface area contributed by atoms with Crippen LogP contribution in [-0.2, 0) is 18.7 Å². The summed E-state index contributed by atoms with van der Waals surface area (Å²) in [7, 11) is -3.53. The summed E-state index contributed by atoms with van der Waals surface area (Å²) >= 11 is 0. The first-order chi connectivity index (χ1) is 10.8. The van der Waals surface area contributed by atoms with E-state index >= 15 is 0 Å². The van der Waals surface area contributed by atoms with E-state index in [0.717, 1.165) is 0 Å². The number of allylic oxidation sites excluding steroid dienone is 3. The summed E-state index contributed by atoms with van der Waals surface area (Å²) in [4.78, 5) is 22.1. The van der Waals surface area contributed by atoms with Crippen LogP contribution in [0.2, 0.25) is 0 Å². The molecule has 0 saturated carbocycles. The van der Waals surface area contributed by atoms with Gasteiger partial charge in [0.1, 0.15) is 5.76 Å². The number of hydrogen-bond acceptors (Lipinski definition) is 4. The maximum atomic E-state index is 13.3. The number of rotatable bonds is 6. The fraction of sp³-hybridized carbons (Fsp3) is 0.250.